The highest BCUT2D eigenvalue weighted by Gasteiger charge is 2.10. The Bertz CT molecular complexity index is 677. The van der Waals surface area contributed by atoms with Gasteiger partial charge in [-0.1, -0.05) is 30.7 Å². The van der Waals surface area contributed by atoms with Crippen LogP contribution in [-0.2, 0) is 19.6 Å². The second-order valence-corrected chi connectivity index (χ2v) is 7.13. The minimum atomic E-state index is 0. The van der Waals surface area contributed by atoms with Crippen molar-refractivity contribution in [1.82, 2.24) is 25.3 Å². The third-order valence-corrected chi connectivity index (χ3v) is 4.98. The molecule has 7 heteroatoms. The summed E-state index contributed by atoms with van der Waals surface area (Å²) in [5.74, 6) is 0.841. The van der Waals surface area contributed by atoms with Crippen molar-refractivity contribution in [3.63, 3.8) is 0 Å². The maximum absolute atomic E-state index is 4.30. The number of guanidine groups is 1. The first-order valence-electron chi connectivity index (χ1n) is 10.1. The van der Waals surface area contributed by atoms with Gasteiger partial charge < -0.3 is 10.6 Å². The van der Waals surface area contributed by atoms with E-state index in [2.05, 4.69) is 49.9 Å². The van der Waals surface area contributed by atoms with E-state index < -0.39 is 0 Å². The standard InChI is InChI=1S/C21H32N6.HI/c1-22-21(23-11-5-15-27-16-6-12-25-27)24-17-19-7-9-20(10-8-19)18-26-13-3-2-4-14-26;/h6-10,12,16H,2-5,11,13-15,17-18H2,1H3,(H2,22,23,24);1H. The number of halogens is 1. The van der Waals surface area contributed by atoms with Crippen LogP contribution in [0.2, 0.25) is 0 Å². The van der Waals surface area contributed by atoms with Gasteiger partial charge in [-0.3, -0.25) is 14.6 Å². The van der Waals surface area contributed by atoms with Crippen LogP contribution in [0.1, 0.15) is 36.8 Å². The van der Waals surface area contributed by atoms with Crippen LogP contribution in [0.3, 0.4) is 0 Å². The fourth-order valence-electron chi connectivity index (χ4n) is 3.43. The zero-order valence-electron chi connectivity index (χ0n) is 16.8. The first-order chi connectivity index (χ1) is 13.3. The Morgan fingerprint density at radius 2 is 1.82 bits per heavy atom. The Morgan fingerprint density at radius 1 is 1.07 bits per heavy atom. The predicted octanol–water partition coefficient (Wildman–Crippen LogP) is 3.24. The lowest BCUT2D eigenvalue weighted by atomic mass is 10.1. The summed E-state index contributed by atoms with van der Waals surface area (Å²) in [6, 6.07) is 10.9. The van der Waals surface area contributed by atoms with Gasteiger partial charge in [-0.15, -0.1) is 24.0 Å². The highest BCUT2D eigenvalue weighted by molar-refractivity contribution is 14.0. The summed E-state index contributed by atoms with van der Waals surface area (Å²) in [5, 5.41) is 11.0. The number of aromatic nitrogens is 2. The molecule has 0 radical (unpaired) electrons. The summed E-state index contributed by atoms with van der Waals surface area (Å²) in [5.41, 5.74) is 2.68. The molecule has 1 saturated heterocycles. The van der Waals surface area contributed by atoms with E-state index in [1.807, 2.05) is 30.2 Å². The molecule has 2 heterocycles. The lowest BCUT2D eigenvalue weighted by Crippen LogP contribution is -2.37. The van der Waals surface area contributed by atoms with Crippen LogP contribution in [0.15, 0.2) is 47.7 Å². The summed E-state index contributed by atoms with van der Waals surface area (Å²) in [7, 11) is 1.81. The summed E-state index contributed by atoms with van der Waals surface area (Å²) in [4.78, 5) is 6.86. The molecule has 0 unspecified atom stereocenters. The van der Waals surface area contributed by atoms with Gasteiger partial charge in [-0.2, -0.15) is 5.10 Å². The van der Waals surface area contributed by atoms with Crippen molar-refractivity contribution in [2.75, 3.05) is 26.7 Å². The summed E-state index contributed by atoms with van der Waals surface area (Å²) in [6.45, 7) is 6.12. The van der Waals surface area contributed by atoms with Crippen LogP contribution >= 0.6 is 24.0 Å². The largest absolute Gasteiger partial charge is 0.356 e. The summed E-state index contributed by atoms with van der Waals surface area (Å²) < 4.78 is 1.95. The van der Waals surface area contributed by atoms with Crippen molar-refractivity contribution in [3.8, 4) is 0 Å². The first kappa shape index (κ1) is 22.7. The zero-order chi connectivity index (χ0) is 18.7. The molecule has 3 rings (SSSR count). The van der Waals surface area contributed by atoms with Crippen LogP contribution < -0.4 is 10.6 Å². The maximum atomic E-state index is 4.30. The third kappa shape index (κ3) is 7.79. The van der Waals surface area contributed by atoms with Crippen LogP contribution in [0.5, 0.6) is 0 Å². The van der Waals surface area contributed by atoms with Gasteiger partial charge in [0.15, 0.2) is 5.96 Å². The number of nitrogens with zero attached hydrogens (tertiary/aromatic N) is 4. The predicted molar refractivity (Wildman–Crippen MR) is 126 cm³/mol. The van der Waals surface area contributed by atoms with E-state index in [0.717, 1.165) is 38.6 Å². The van der Waals surface area contributed by atoms with Crippen molar-refractivity contribution in [1.29, 1.82) is 0 Å². The molecule has 1 fully saturated rings. The minimum absolute atomic E-state index is 0. The summed E-state index contributed by atoms with van der Waals surface area (Å²) in [6.07, 6.45) is 8.88. The quantitative estimate of drug-likeness (QED) is 0.255. The van der Waals surface area contributed by atoms with Gasteiger partial charge in [0.1, 0.15) is 0 Å². The Labute approximate surface area is 185 Å². The highest BCUT2D eigenvalue weighted by Crippen LogP contribution is 2.13. The molecule has 0 atom stereocenters. The molecule has 1 aliphatic rings. The number of piperidine rings is 1. The lowest BCUT2D eigenvalue weighted by Gasteiger charge is -2.26. The Morgan fingerprint density at radius 3 is 2.50 bits per heavy atom. The van der Waals surface area contributed by atoms with Crippen molar-refractivity contribution < 1.29 is 0 Å². The van der Waals surface area contributed by atoms with Crippen LogP contribution in [0, 0.1) is 0 Å². The van der Waals surface area contributed by atoms with E-state index in [1.54, 1.807) is 0 Å². The molecule has 0 saturated carbocycles. The Hall–Kier alpha value is -1.61. The number of benzene rings is 1. The molecule has 2 N–H and O–H groups in total. The molecule has 1 aromatic heterocycles. The number of nitrogens with one attached hydrogen (secondary N) is 2. The van der Waals surface area contributed by atoms with Gasteiger partial charge >= 0.3 is 0 Å². The molecule has 6 nitrogen and oxygen atoms in total. The van der Waals surface area contributed by atoms with Gasteiger partial charge in [-0.05, 0) is 49.5 Å². The SMILES string of the molecule is CN=C(NCCCn1cccn1)NCc1ccc(CN2CCCCC2)cc1.I. The van der Waals surface area contributed by atoms with Gasteiger partial charge in [0.25, 0.3) is 0 Å². The van der Waals surface area contributed by atoms with Crippen LogP contribution in [0.4, 0.5) is 0 Å². The summed E-state index contributed by atoms with van der Waals surface area (Å²) >= 11 is 0. The molecule has 1 aliphatic heterocycles. The second-order valence-electron chi connectivity index (χ2n) is 7.13. The molecule has 0 aliphatic carbocycles. The van der Waals surface area contributed by atoms with E-state index in [0.29, 0.717) is 0 Å². The molecule has 0 bridgehead atoms. The number of aliphatic imine (C=N–C) groups is 1. The molecular weight excluding hydrogens is 463 g/mol. The van der Waals surface area contributed by atoms with Gasteiger partial charge in [-0.25, -0.2) is 0 Å². The molecule has 2 aromatic rings. The van der Waals surface area contributed by atoms with Gasteiger partial charge in [0.05, 0.1) is 0 Å². The molecular formula is C21H33IN6. The molecule has 0 spiro atoms. The third-order valence-electron chi connectivity index (χ3n) is 4.98. The van der Waals surface area contributed by atoms with Gasteiger partial charge in [0, 0.05) is 45.6 Å². The van der Waals surface area contributed by atoms with Crippen LogP contribution in [0.25, 0.3) is 0 Å². The number of hydrogen-bond acceptors (Lipinski definition) is 3. The molecule has 154 valence electrons. The number of hydrogen-bond donors (Lipinski definition) is 2. The first-order valence-corrected chi connectivity index (χ1v) is 10.1. The number of rotatable bonds is 8. The average Bonchev–Trinajstić information content (AvgIpc) is 3.23. The van der Waals surface area contributed by atoms with Crippen LogP contribution in [-0.4, -0.2) is 47.3 Å². The molecule has 28 heavy (non-hydrogen) atoms. The average molecular weight is 496 g/mol. The smallest absolute Gasteiger partial charge is 0.191 e. The minimum Gasteiger partial charge on any atom is -0.356 e. The molecule has 0 amide bonds. The van der Waals surface area contributed by atoms with Crippen molar-refractivity contribution in [3.05, 3.63) is 53.9 Å². The molecule has 1 aromatic carbocycles. The van der Waals surface area contributed by atoms with E-state index in [4.69, 9.17) is 0 Å². The van der Waals surface area contributed by atoms with Crippen molar-refractivity contribution >= 4 is 29.9 Å². The maximum Gasteiger partial charge on any atom is 0.191 e. The monoisotopic (exact) mass is 496 g/mol. The number of likely N-dealkylation sites (tertiary alicyclic amines) is 1. The van der Waals surface area contributed by atoms with E-state index >= 15 is 0 Å². The fraction of sp³-hybridized carbons (Fsp3) is 0.524. The number of aryl methyl sites for hydroxylation is 1. The Kier molecular flexibility index (Phi) is 10.3. The zero-order valence-corrected chi connectivity index (χ0v) is 19.1. The van der Waals surface area contributed by atoms with E-state index in [1.165, 1.54) is 43.5 Å². The fourth-order valence-corrected chi connectivity index (χ4v) is 3.43. The lowest BCUT2D eigenvalue weighted by molar-refractivity contribution is 0.221. The van der Waals surface area contributed by atoms with Crippen molar-refractivity contribution in [2.45, 2.75) is 45.3 Å². The van der Waals surface area contributed by atoms with E-state index in [9.17, 15) is 0 Å². The normalized spacial score (nSPS) is 15.1. The van der Waals surface area contributed by atoms with Gasteiger partial charge in [0.2, 0.25) is 0 Å². The second kappa shape index (κ2) is 12.8. The Balaban J connectivity index is 0.00000280. The van der Waals surface area contributed by atoms with E-state index in [-0.39, 0.29) is 24.0 Å². The van der Waals surface area contributed by atoms with Crippen molar-refractivity contribution in [2.24, 2.45) is 4.99 Å². The highest BCUT2D eigenvalue weighted by atomic mass is 127. The topological polar surface area (TPSA) is 57.5 Å².